The lowest BCUT2D eigenvalue weighted by Gasteiger charge is -2.24. The summed E-state index contributed by atoms with van der Waals surface area (Å²) in [5, 5.41) is 12.0. The highest BCUT2D eigenvalue weighted by Crippen LogP contribution is 2.21. The van der Waals surface area contributed by atoms with Crippen LogP contribution in [0.1, 0.15) is 19.4 Å². The van der Waals surface area contributed by atoms with Gasteiger partial charge in [-0.1, -0.05) is 17.7 Å². The molecule has 0 radical (unpaired) electrons. The second-order valence-electron chi connectivity index (χ2n) is 5.88. The normalized spacial score (nSPS) is 10.5. The number of hydrogen-bond acceptors (Lipinski definition) is 5. The molecule has 7 heteroatoms. The van der Waals surface area contributed by atoms with E-state index in [9.17, 15) is 9.59 Å². The molecule has 1 N–H and O–H groups in total. The number of ether oxygens (including phenoxy) is 2. The Morgan fingerprint density at radius 2 is 1.88 bits per heavy atom. The van der Waals surface area contributed by atoms with Crippen LogP contribution < -0.4 is 10.1 Å². The molecule has 0 spiro atoms. The number of anilines is 1. The van der Waals surface area contributed by atoms with Gasteiger partial charge in [-0.25, -0.2) is 4.79 Å². The van der Waals surface area contributed by atoms with Crippen molar-refractivity contribution < 1.29 is 19.1 Å². The van der Waals surface area contributed by atoms with Crippen LogP contribution in [0.2, 0.25) is 5.02 Å². The van der Waals surface area contributed by atoms with Crippen molar-refractivity contribution in [1.29, 1.82) is 5.26 Å². The zero-order valence-corrected chi connectivity index (χ0v) is 15.0. The first-order valence-electron chi connectivity index (χ1n) is 7.72. The fraction of sp³-hybridized carbons (Fsp3) is 0.211. The monoisotopic (exact) mass is 372 g/mol. The highest BCUT2D eigenvalue weighted by atomic mass is 35.5. The van der Waals surface area contributed by atoms with Crippen molar-refractivity contribution in [3.05, 3.63) is 59.1 Å². The molecule has 0 aliphatic carbocycles. The summed E-state index contributed by atoms with van der Waals surface area (Å²) in [6.45, 7) is 2.61. The third kappa shape index (κ3) is 5.50. The van der Waals surface area contributed by atoms with Crippen molar-refractivity contribution in [3.8, 4) is 11.8 Å². The van der Waals surface area contributed by atoms with Crippen molar-refractivity contribution in [3.63, 3.8) is 0 Å². The molecule has 0 bridgehead atoms. The number of carbonyl (C=O) groups is 2. The molecule has 2 aromatic rings. The van der Waals surface area contributed by atoms with E-state index >= 15 is 0 Å². The van der Waals surface area contributed by atoms with Gasteiger partial charge in [0, 0.05) is 10.7 Å². The molecule has 2 rings (SSSR count). The van der Waals surface area contributed by atoms with Crippen LogP contribution in [0.15, 0.2) is 48.5 Å². The van der Waals surface area contributed by atoms with Gasteiger partial charge in [-0.15, -0.1) is 0 Å². The molecule has 0 fully saturated rings. The molecule has 0 heterocycles. The quantitative estimate of drug-likeness (QED) is 0.783. The van der Waals surface area contributed by atoms with E-state index in [0.29, 0.717) is 22.0 Å². The summed E-state index contributed by atoms with van der Waals surface area (Å²) in [5.74, 6) is -0.752. The first-order chi connectivity index (χ1) is 12.3. The highest BCUT2D eigenvalue weighted by molar-refractivity contribution is 6.30. The van der Waals surface area contributed by atoms with E-state index in [2.05, 4.69) is 5.32 Å². The van der Waals surface area contributed by atoms with Crippen molar-refractivity contribution in [1.82, 2.24) is 0 Å². The van der Waals surface area contributed by atoms with Crippen LogP contribution in [0.4, 0.5) is 5.69 Å². The fourth-order valence-electron chi connectivity index (χ4n) is 2.01. The number of esters is 1. The molecule has 0 aromatic heterocycles. The van der Waals surface area contributed by atoms with Gasteiger partial charge in [0.2, 0.25) is 0 Å². The average molecular weight is 373 g/mol. The standard InChI is InChI=1S/C19H17ClN2O4/c1-19(2,26-16-8-6-14(20)7-9-16)18(24)25-12-17(23)22-15-5-3-4-13(10-15)11-21/h3-10H,12H2,1-2H3,(H,22,23). The van der Waals surface area contributed by atoms with E-state index in [1.807, 2.05) is 6.07 Å². The van der Waals surface area contributed by atoms with Crippen LogP contribution in [0.5, 0.6) is 5.75 Å². The summed E-state index contributed by atoms with van der Waals surface area (Å²) in [7, 11) is 0. The Bertz CT molecular complexity index is 841. The van der Waals surface area contributed by atoms with Gasteiger partial charge in [-0.2, -0.15) is 5.26 Å². The molecule has 0 atom stereocenters. The Hall–Kier alpha value is -3.04. The molecule has 1 amide bonds. The van der Waals surface area contributed by atoms with Gasteiger partial charge < -0.3 is 14.8 Å². The van der Waals surface area contributed by atoms with Crippen molar-refractivity contribution >= 4 is 29.2 Å². The van der Waals surface area contributed by atoms with Crippen LogP contribution in [-0.4, -0.2) is 24.1 Å². The predicted octanol–water partition coefficient (Wildman–Crippen LogP) is 3.55. The summed E-state index contributed by atoms with van der Waals surface area (Å²) in [5.41, 5.74) is -0.423. The number of nitriles is 1. The molecule has 0 saturated heterocycles. The Labute approximate surface area is 156 Å². The summed E-state index contributed by atoms with van der Waals surface area (Å²) < 4.78 is 10.6. The molecule has 0 unspecified atom stereocenters. The van der Waals surface area contributed by atoms with Gasteiger partial charge in [-0.05, 0) is 56.3 Å². The molecule has 26 heavy (non-hydrogen) atoms. The van der Waals surface area contributed by atoms with Crippen LogP contribution in [0, 0.1) is 11.3 Å². The number of hydrogen-bond donors (Lipinski definition) is 1. The maximum Gasteiger partial charge on any atom is 0.350 e. The minimum absolute atomic E-state index is 0.414. The van der Waals surface area contributed by atoms with Crippen LogP contribution >= 0.6 is 11.6 Å². The smallest absolute Gasteiger partial charge is 0.350 e. The van der Waals surface area contributed by atoms with E-state index in [4.69, 9.17) is 26.3 Å². The molecule has 0 aliphatic heterocycles. The first-order valence-corrected chi connectivity index (χ1v) is 8.10. The molecule has 0 saturated carbocycles. The Kier molecular flexibility index (Phi) is 6.21. The van der Waals surface area contributed by atoms with E-state index in [-0.39, 0.29) is 0 Å². The molecular weight excluding hydrogens is 356 g/mol. The number of nitrogens with one attached hydrogen (secondary N) is 1. The van der Waals surface area contributed by atoms with Gasteiger partial charge in [0.1, 0.15) is 5.75 Å². The van der Waals surface area contributed by atoms with Crippen LogP contribution in [-0.2, 0) is 14.3 Å². The number of rotatable bonds is 6. The van der Waals surface area contributed by atoms with E-state index in [0.717, 1.165) is 0 Å². The van der Waals surface area contributed by atoms with Crippen molar-refractivity contribution in [2.24, 2.45) is 0 Å². The molecular formula is C19H17ClN2O4. The fourth-order valence-corrected chi connectivity index (χ4v) is 2.13. The lowest BCUT2D eigenvalue weighted by Crippen LogP contribution is -2.41. The number of benzene rings is 2. The Morgan fingerprint density at radius 3 is 2.54 bits per heavy atom. The predicted molar refractivity (Wildman–Crippen MR) is 96.9 cm³/mol. The van der Waals surface area contributed by atoms with Gasteiger partial charge in [0.15, 0.2) is 12.2 Å². The number of carbonyl (C=O) groups excluding carboxylic acids is 2. The van der Waals surface area contributed by atoms with Crippen LogP contribution in [0.25, 0.3) is 0 Å². The Morgan fingerprint density at radius 1 is 1.19 bits per heavy atom. The minimum Gasteiger partial charge on any atom is -0.476 e. The minimum atomic E-state index is -1.28. The topological polar surface area (TPSA) is 88.4 Å². The van der Waals surface area contributed by atoms with E-state index in [1.54, 1.807) is 42.5 Å². The second kappa shape index (κ2) is 8.37. The molecule has 6 nitrogen and oxygen atoms in total. The molecule has 2 aromatic carbocycles. The Balaban J connectivity index is 1.88. The first kappa shape index (κ1) is 19.3. The SMILES string of the molecule is CC(C)(Oc1ccc(Cl)cc1)C(=O)OCC(=O)Nc1cccc(C#N)c1. The number of amides is 1. The van der Waals surface area contributed by atoms with E-state index < -0.39 is 24.1 Å². The summed E-state index contributed by atoms with van der Waals surface area (Å²) in [4.78, 5) is 24.1. The van der Waals surface area contributed by atoms with Gasteiger partial charge >= 0.3 is 5.97 Å². The van der Waals surface area contributed by atoms with Gasteiger partial charge in [-0.3, -0.25) is 4.79 Å². The average Bonchev–Trinajstić information content (AvgIpc) is 2.61. The van der Waals surface area contributed by atoms with Crippen LogP contribution in [0.3, 0.4) is 0 Å². The largest absolute Gasteiger partial charge is 0.476 e. The van der Waals surface area contributed by atoms with Gasteiger partial charge in [0.05, 0.1) is 11.6 Å². The zero-order chi connectivity index (χ0) is 19.2. The summed E-state index contributed by atoms with van der Waals surface area (Å²) >= 11 is 5.81. The highest BCUT2D eigenvalue weighted by Gasteiger charge is 2.32. The molecule has 134 valence electrons. The number of nitrogens with zero attached hydrogens (tertiary/aromatic N) is 1. The third-order valence-corrected chi connectivity index (χ3v) is 3.54. The second-order valence-corrected chi connectivity index (χ2v) is 6.32. The van der Waals surface area contributed by atoms with Gasteiger partial charge in [0.25, 0.3) is 5.91 Å². The maximum atomic E-state index is 12.2. The summed E-state index contributed by atoms with van der Waals surface area (Å²) in [6.07, 6.45) is 0. The lowest BCUT2D eigenvalue weighted by molar-refractivity contribution is -0.161. The van der Waals surface area contributed by atoms with Crippen molar-refractivity contribution in [2.45, 2.75) is 19.4 Å². The zero-order valence-electron chi connectivity index (χ0n) is 14.3. The summed E-state index contributed by atoms with van der Waals surface area (Å²) in [6, 6.07) is 14.9. The third-order valence-electron chi connectivity index (χ3n) is 3.29. The lowest BCUT2D eigenvalue weighted by atomic mass is 10.1. The number of halogens is 1. The van der Waals surface area contributed by atoms with Crippen molar-refractivity contribution in [2.75, 3.05) is 11.9 Å². The molecule has 0 aliphatic rings. The van der Waals surface area contributed by atoms with E-state index in [1.165, 1.54) is 19.9 Å². The maximum absolute atomic E-state index is 12.2.